The van der Waals surface area contributed by atoms with Gasteiger partial charge in [0.25, 0.3) is 0 Å². The van der Waals surface area contributed by atoms with E-state index in [1.165, 1.54) is 6.07 Å². The predicted octanol–water partition coefficient (Wildman–Crippen LogP) is 3.96. The van der Waals surface area contributed by atoms with Crippen LogP contribution in [0.15, 0.2) is 42.5 Å². The molecular weight excluding hydrogens is 251 g/mol. The molecule has 1 aliphatic heterocycles. The number of benzene rings is 2. The van der Waals surface area contributed by atoms with Gasteiger partial charge >= 0.3 is 0 Å². The minimum absolute atomic E-state index is 0.232. The molecular formula is C17H15FN2. The molecule has 0 unspecified atom stereocenters. The number of anilines is 1. The van der Waals surface area contributed by atoms with Crippen LogP contribution in [0.3, 0.4) is 0 Å². The van der Waals surface area contributed by atoms with Crippen molar-refractivity contribution in [2.45, 2.75) is 12.8 Å². The highest BCUT2D eigenvalue weighted by Crippen LogP contribution is 2.31. The number of nitrogens with zero attached hydrogens (tertiary/aromatic N) is 2. The highest BCUT2D eigenvalue weighted by molar-refractivity contribution is 5.73. The van der Waals surface area contributed by atoms with Crippen molar-refractivity contribution >= 4 is 5.69 Å². The Bertz CT molecular complexity index is 667. The van der Waals surface area contributed by atoms with E-state index in [0.717, 1.165) is 37.2 Å². The highest BCUT2D eigenvalue weighted by atomic mass is 19.1. The minimum atomic E-state index is -0.232. The van der Waals surface area contributed by atoms with Crippen LogP contribution in [-0.2, 0) is 0 Å². The van der Waals surface area contributed by atoms with E-state index in [4.69, 9.17) is 0 Å². The van der Waals surface area contributed by atoms with Gasteiger partial charge in [0.2, 0.25) is 0 Å². The van der Waals surface area contributed by atoms with Crippen LogP contribution in [0, 0.1) is 17.1 Å². The first-order valence-corrected chi connectivity index (χ1v) is 6.83. The van der Waals surface area contributed by atoms with E-state index in [1.54, 1.807) is 18.2 Å². The van der Waals surface area contributed by atoms with E-state index in [-0.39, 0.29) is 5.82 Å². The zero-order valence-electron chi connectivity index (χ0n) is 11.1. The average molecular weight is 266 g/mol. The molecule has 0 atom stereocenters. The van der Waals surface area contributed by atoms with Gasteiger partial charge in [-0.3, -0.25) is 0 Å². The van der Waals surface area contributed by atoms with Crippen LogP contribution < -0.4 is 4.90 Å². The largest absolute Gasteiger partial charge is 0.370 e. The van der Waals surface area contributed by atoms with Gasteiger partial charge in [0, 0.05) is 18.7 Å². The first-order valence-electron chi connectivity index (χ1n) is 6.83. The fraction of sp³-hybridized carbons (Fsp3) is 0.235. The first kappa shape index (κ1) is 12.7. The molecule has 0 bridgehead atoms. The second kappa shape index (κ2) is 5.34. The van der Waals surface area contributed by atoms with Crippen LogP contribution in [0.1, 0.15) is 18.4 Å². The van der Waals surface area contributed by atoms with Crippen molar-refractivity contribution < 1.29 is 4.39 Å². The predicted molar refractivity (Wildman–Crippen MR) is 78.0 cm³/mol. The third-order valence-corrected chi connectivity index (χ3v) is 3.75. The van der Waals surface area contributed by atoms with Gasteiger partial charge in [0.1, 0.15) is 11.9 Å². The number of rotatable bonds is 2. The maximum absolute atomic E-state index is 13.9. The maximum atomic E-state index is 13.9. The molecule has 0 saturated carbocycles. The molecule has 2 nitrogen and oxygen atoms in total. The Kier molecular flexibility index (Phi) is 3.39. The quantitative estimate of drug-likeness (QED) is 0.822. The molecule has 1 aliphatic rings. The molecule has 3 heteroatoms. The topological polar surface area (TPSA) is 27.0 Å². The van der Waals surface area contributed by atoms with Crippen molar-refractivity contribution in [2.24, 2.45) is 0 Å². The normalized spacial score (nSPS) is 14.3. The number of hydrogen-bond donors (Lipinski definition) is 0. The highest BCUT2D eigenvalue weighted by Gasteiger charge is 2.17. The summed E-state index contributed by atoms with van der Waals surface area (Å²) in [5, 5.41) is 9.24. The summed E-state index contributed by atoms with van der Waals surface area (Å²) in [5.74, 6) is -0.232. The van der Waals surface area contributed by atoms with Gasteiger partial charge in [0.05, 0.1) is 11.3 Å². The zero-order chi connectivity index (χ0) is 13.9. The Morgan fingerprint density at radius 2 is 1.80 bits per heavy atom. The number of hydrogen-bond acceptors (Lipinski definition) is 2. The third kappa shape index (κ3) is 2.25. The lowest BCUT2D eigenvalue weighted by Gasteiger charge is -2.20. The van der Waals surface area contributed by atoms with Crippen LogP contribution >= 0.6 is 0 Å². The standard InChI is InChI=1S/C17H15FN2/c18-16-6-2-1-5-15(16)13-7-8-14(12-19)17(11-13)20-9-3-4-10-20/h1-2,5-8,11H,3-4,9-10H2. The number of nitriles is 1. The lowest BCUT2D eigenvalue weighted by Crippen LogP contribution is -2.18. The summed E-state index contributed by atoms with van der Waals surface area (Å²) < 4.78 is 13.9. The van der Waals surface area contributed by atoms with Gasteiger partial charge in [-0.2, -0.15) is 5.26 Å². The summed E-state index contributed by atoms with van der Waals surface area (Å²) in [6, 6.07) is 14.5. The van der Waals surface area contributed by atoms with Gasteiger partial charge in [-0.25, -0.2) is 4.39 Å². The molecule has 2 aromatic rings. The average Bonchev–Trinajstić information content (AvgIpc) is 3.01. The third-order valence-electron chi connectivity index (χ3n) is 3.75. The van der Waals surface area contributed by atoms with Crippen LogP contribution in [0.2, 0.25) is 0 Å². The fourth-order valence-electron chi connectivity index (χ4n) is 2.71. The molecule has 100 valence electrons. The molecule has 20 heavy (non-hydrogen) atoms. The SMILES string of the molecule is N#Cc1ccc(-c2ccccc2F)cc1N1CCCC1. The van der Waals surface area contributed by atoms with Crippen LogP contribution in [0.4, 0.5) is 10.1 Å². The van der Waals surface area contributed by atoms with E-state index in [0.29, 0.717) is 11.1 Å². The second-order valence-corrected chi connectivity index (χ2v) is 5.02. The summed E-state index contributed by atoms with van der Waals surface area (Å²) >= 11 is 0. The van der Waals surface area contributed by atoms with E-state index in [1.807, 2.05) is 18.2 Å². The monoisotopic (exact) mass is 266 g/mol. The van der Waals surface area contributed by atoms with Crippen LogP contribution in [-0.4, -0.2) is 13.1 Å². The van der Waals surface area contributed by atoms with E-state index in [2.05, 4.69) is 11.0 Å². The molecule has 0 aliphatic carbocycles. The minimum Gasteiger partial charge on any atom is -0.370 e. The Morgan fingerprint density at radius 3 is 2.50 bits per heavy atom. The molecule has 3 rings (SSSR count). The Labute approximate surface area is 118 Å². The van der Waals surface area contributed by atoms with Crippen LogP contribution in [0.5, 0.6) is 0 Å². The number of halogens is 1. The van der Waals surface area contributed by atoms with Gasteiger partial charge in [0.15, 0.2) is 0 Å². The molecule has 0 aromatic heterocycles. The molecule has 2 aromatic carbocycles. The molecule has 1 fully saturated rings. The smallest absolute Gasteiger partial charge is 0.131 e. The molecule has 1 heterocycles. The van der Waals surface area contributed by atoms with E-state index >= 15 is 0 Å². The van der Waals surface area contributed by atoms with Crippen molar-refractivity contribution in [1.82, 2.24) is 0 Å². The van der Waals surface area contributed by atoms with Crippen molar-refractivity contribution in [3.8, 4) is 17.2 Å². The Balaban J connectivity index is 2.08. The van der Waals surface area contributed by atoms with Crippen molar-refractivity contribution in [3.05, 3.63) is 53.8 Å². The molecule has 0 radical (unpaired) electrons. The summed E-state index contributed by atoms with van der Waals surface area (Å²) in [5.41, 5.74) is 2.99. The molecule has 0 N–H and O–H groups in total. The van der Waals surface area contributed by atoms with Crippen LogP contribution in [0.25, 0.3) is 11.1 Å². The van der Waals surface area contributed by atoms with Crippen molar-refractivity contribution in [1.29, 1.82) is 5.26 Å². The molecule has 1 saturated heterocycles. The lowest BCUT2D eigenvalue weighted by atomic mass is 10.0. The summed E-state index contributed by atoms with van der Waals surface area (Å²) in [6.45, 7) is 1.94. The van der Waals surface area contributed by atoms with Crippen molar-refractivity contribution in [2.75, 3.05) is 18.0 Å². The van der Waals surface area contributed by atoms with Crippen molar-refractivity contribution in [3.63, 3.8) is 0 Å². The molecule has 0 spiro atoms. The maximum Gasteiger partial charge on any atom is 0.131 e. The molecule has 0 amide bonds. The van der Waals surface area contributed by atoms with E-state index in [9.17, 15) is 9.65 Å². The Hall–Kier alpha value is -2.34. The van der Waals surface area contributed by atoms with Gasteiger partial charge in [-0.15, -0.1) is 0 Å². The van der Waals surface area contributed by atoms with Gasteiger partial charge in [-0.1, -0.05) is 24.3 Å². The summed E-state index contributed by atoms with van der Waals surface area (Å²) in [7, 11) is 0. The van der Waals surface area contributed by atoms with Gasteiger partial charge in [-0.05, 0) is 36.6 Å². The van der Waals surface area contributed by atoms with Gasteiger partial charge < -0.3 is 4.90 Å². The Morgan fingerprint density at radius 1 is 1.05 bits per heavy atom. The second-order valence-electron chi connectivity index (χ2n) is 5.02. The van der Waals surface area contributed by atoms with E-state index < -0.39 is 0 Å². The fourth-order valence-corrected chi connectivity index (χ4v) is 2.71. The summed E-state index contributed by atoms with van der Waals surface area (Å²) in [6.07, 6.45) is 2.30. The summed E-state index contributed by atoms with van der Waals surface area (Å²) in [4.78, 5) is 2.21. The lowest BCUT2D eigenvalue weighted by molar-refractivity contribution is 0.631. The zero-order valence-corrected chi connectivity index (χ0v) is 11.1. The first-order chi connectivity index (χ1) is 9.79.